The van der Waals surface area contributed by atoms with Gasteiger partial charge >= 0.3 is 11.5 Å². The molecule has 18 heavy (non-hydrogen) atoms. The molecule has 0 radical (unpaired) electrons. The van der Waals surface area contributed by atoms with Gasteiger partial charge in [0.05, 0.1) is 12.0 Å². The number of alkyl halides is 3. The maximum Gasteiger partial charge on any atom is 0.446 e. The lowest BCUT2D eigenvalue weighted by Crippen LogP contribution is -2.04. The lowest BCUT2D eigenvalue weighted by Gasteiger charge is -2.10. The van der Waals surface area contributed by atoms with E-state index in [1.54, 1.807) is 6.07 Å². The molecule has 0 unspecified atom stereocenters. The number of hydrogen-bond donors (Lipinski definition) is 1. The topological polar surface area (TPSA) is 61.1 Å². The third kappa shape index (κ3) is 4.23. The van der Waals surface area contributed by atoms with Crippen molar-refractivity contribution in [2.24, 2.45) is 0 Å². The molecule has 1 rings (SSSR count). The predicted molar refractivity (Wildman–Crippen MR) is 62.1 cm³/mol. The molecule has 96 valence electrons. The summed E-state index contributed by atoms with van der Waals surface area (Å²) in [5.41, 5.74) is -4.44. The number of benzene rings is 1. The van der Waals surface area contributed by atoms with E-state index in [1.807, 2.05) is 0 Å². The van der Waals surface area contributed by atoms with Gasteiger partial charge in [0, 0.05) is 9.37 Å². The number of thioether (sulfide) groups is 1. The quantitative estimate of drug-likeness (QED) is 0.855. The Kier molecular flexibility index (Phi) is 4.65. The van der Waals surface area contributed by atoms with Gasteiger partial charge in [0.15, 0.2) is 0 Å². The van der Waals surface area contributed by atoms with E-state index in [1.165, 1.54) is 0 Å². The van der Waals surface area contributed by atoms with E-state index in [-0.39, 0.29) is 26.9 Å². The maximum atomic E-state index is 12.2. The Labute approximate surface area is 113 Å². The molecule has 1 N–H and O–H groups in total. The monoisotopic (exact) mass is 339 g/mol. The Morgan fingerprint density at radius 2 is 2.11 bits per heavy atom. The van der Waals surface area contributed by atoms with Crippen molar-refractivity contribution in [2.75, 3.05) is 0 Å². The van der Waals surface area contributed by atoms with E-state index in [0.717, 1.165) is 12.1 Å². The van der Waals surface area contributed by atoms with Crippen molar-refractivity contribution < 1.29 is 23.1 Å². The summed E-state index contributed by atoms with van der Waals surface area (Å²) >= 11 is 2.59. The summed E-state index contributed by atoms with van der Waals surface area (Å²) in [5, 5.41) is 17.4. The Hall–Kier alpha value is -1.20. The van der Waals surface area contributed by atoms with Crippen LogP contribution in [0.4, 0.5) is 13.2 Å². The molecule has 1 aromatic carbocycles. The number of aliphatic carboxylic acids is 1. The largest absolute Gasteiger partial charge is 0.481 e. The van der Waals surface area contributed by atoms with Crippen molar-refractivity contribution in [1.29, 1.82) is 5.26 Å². The van der Waals surface area contributed by atoms with Gasteiger partial charge in [0.2, 0.25) is 0 Å². The van der Waals surface area contributed by atoms with Crippen LogP contribution in [0.2, 0.25) is 0 Å². The molecule has 0 bridgehead atoms. The van der Waals surface area contributed by atoms with Crippen LogP contribution < -0.4 is 0 Å². The first-order valence-corrected chi connectivity index (χ1v) is 6.04. The highest BCUT2D eigenvalue weighted by Crippen LogP contribution is 2.40. The molecule has 0 heterocycles. The second kappa shape index (κ2) is 5.63. The third-order valence-electron chi connectivity index (χ3n) is 1.84. The summed E-state index contributed by atoms with van der Waals surface area (Å²) < 4.78 is 37.0. The summed E-state index contributed by atoms with van der Waals surface area (Å²) in [5.74, 6) is -1.13. The van der Waals surface area contributed by atoms with Gasteiger partial charge in [-0.05, 0) is 29.5 Å². The summed E-state index contributed by atoms with van der Waals surface area (Å²) in [7, 11) is 0. The Morgan fingerprint density at radius 1 is 1.50 bits per heavy atom. The second-order valence-electron chi connectivity index (χ2n) is 3.17. The van der Waals surface area contributed by atoms with E-state index >= 15 is 0 Å². The normalized spacial score (nSPS) is 11.1. The predicted octanol–water partition coefficient (Wildman–Crippen LogP) is 3.56. The van der Waals surface area contributed by atoms with E-state index < -0.39 is 23.2 Å². The molecule has 0 saturated heterocycles. The fourth-order valence-corrected chi connectivity index (χ4v) is 2.47. The van der Waals surface area contributed by atoms with Crippen molar-refractivity contribution in [3.05, 3.63) is 27.7 Å². The van der Waals surface area contributed by atoms with Crippen LogP contribution in [0.15, 0.2) is 21.5 Å². The van der Waals surface area contributed by atoms with Gasteiger partial charge in [-0.3, -0.25) is 4.79 Å². The number of carboxylic acid groups (broad SMARTS) is 1. The highest BCUT2D eigenvalue weighted by molar-refractivity contribution is 9.10. The lowest BCUT2D eigenvalue weighted by molar-refractivity contribution is -0.136. The third-order valence-corrected chi connectivity index (χ3v) is 3.36. The molecule has 0 aromatic heterocycles. The molecule has 0 spiro atoms. The number of rotatable bonds is 3. The summed E-state index contributed by atoms with van der Waals surface area (Å²) in [4.78, 5) is 10.3. The smallest absolute Gasteiger partial charge is 0.446 e. The number of nitrogens with zero attached hydrogens (tertiary/aromatic N) is 1. The number of nitriles is 1. The van der Waals surface area contributed by atoms with Crippen LogP contribution in [-0.4, -0.2) is 16.6 Å². The highest BCUT2D eigenvalue weighted by Gasteiger charge is 2.31. The van der Waals surface area contributed by atoms with Crippen molar-refractivity contribution >= 4 is 33.7 Å². The molecule has 0 aliphatic rings. The van der Waals surface area contributed by atoms with Gasteiger partial charge in [0.25, 0.3) is 0 Å². The Bertz CT molecular complexity index is 525. The molecular formula is C10H5BrF3NO2S. The fourth-order valence-electron chi connectivity index (χ4n) is 1.19. The van der Waals surface area contributed by atoms with Crippen LogP contribution in [0.25, 0.3) is 0 Å². The standard InChI is InChI=1S/C10H5BrF3NO2S/c11-7-3-8(18-10(12,13)14)6(4-15)1-5(7)2-9(16)17/h1,3H,2H2,(H,16,17). The van der Waals surface area contributed by atoms with Gasteiger partial charge in [-0.15, -0.1) is 0 Å². The average molecular weight is 340 g/mol. The zero-order valence-corrected chi connectivity index (χ0v) is 11.0. The van der Waals surface area contributed by atoms with Crippen LogP contribution in [-0.2, 0) is 11.2 Å². The Balaban J connectivity index is 3.19. The molecular weight excluding hydrogens is 335 g/mol. The van der Waals surface area contributed by atoms with Crippen LogP contribution in [0.5, 0.6) is 0 Å². The first-order valence-electron chi connectivity index (χ1n) is 4.43. The van der Waals surface area contributed by atoms with Crippen molar-refractivity contribution in [3.8, 4) is 6.07 Å². The number of carbonyl (C=O) groups is 1. The minimum atomic E-state index is -4.50. The number of hydrogen-bond acceptors (Lipinski definition) is 3. The zero-order valence-electron chi connectivity index (χ0n) is 8.58. The van der Waals surface area contributed by atoms with Crippen molar-refractivity contribution in [3.63, 3.8) is 0 Å². The molecule has 0 aliphatic carbocycles. The minimum Gasteiger partial charge on any atom is -0.481 e. The van der Waals surface area contributed by atoms with Crippen LogP contribution in [0.3, 0.4) is 0 Å². The SMILES string of the molecule is N#Cc1cc(CC(=O)O)c(Br)cc1SC(F)(F)F. The highest BCUT2D eigenvalue weighted by atomic mass is 79.9. The van der Waals surface area contributed by atoms with Crippen LogP contribution in [0.1, 0.15) is 11.1 Å². The molecule has 0 fully saturated rings. The van der Waals surface area contributed by atoms with Crippen LogP contribution in [0, 0.1) is 11.3 Å². The molecule has 0 aliphatic heterocycles. The molecule has 0 atom stereocenters. The van der Waals surface area contributed by atoms with E-state index in [0.29, 0.717) is 0 Å². The first kappa shape index (κ1) is 14.9. The summed E-state index contributed by atoms with van der Waals surface area (Å²) in [6.45, 7) is 0. The van der Waals surface area contributed by atoms with E-state index in [2.05, 4.69) is 15.9 Å². The maximum absolute atomic E-state index is 12.2. The molecule has 1 aromatic rings. The van der Waals surface area contributed by atoms with Gasteiger partial charge in [0.1, 0.15) is 6.07 Å². The summed E-state index contributed by atoms with van der Waals surface area (Å²) in [6, 6.07) is 3.88. The fraction of sp³-hybridized carbons (Fsp3) is 0.200. The van der Waals surface area contributed by atoms with Crippen LogP contribution >= 0.6 is 27.7 Å². The number of halogens is 4. The minimum absolute atomic E-state index is 0.197. The Morgan fingerprint density at radius 3 is 2.56 bits per heavy atom. The second-order valence-corrected chi connectivity index (χ2v) is 5.13. The molecule has 0 amide bonds. The number of carboxylic acids is 1. The average Bonchev–Trinajstić information content (AvgIpc) is 2.19. The molecule has 8 heteroatoms. The van der Waals surface area contributed by atoms with E-state index in [4.69, 9.17) is 10.4 Å². The van der Waals surface area contributed by atoms with Gasteiger partial charge in [-0.1, -0.05) is 15.9 Å². The van der Waals surface area contributed by atoms with Crippen molar-refractivity contribution in [1.82, 2.24) is 0 Å². The van der Waals surface area contributed by atoms with E-state index in [9.17, 15) is 18.0 Å². The summed E-state index contributed by atoms with van der Waals surface area (Å²) in [6.07, 6.45) is -0.369. The lowest BCUT2D eigenvalue weighted by atomic mass is 10.1. The first-order chi connectivity index (χ1) is 8.23. The van der Waals surface area contributed by atoms with Crippen molar-refractivity contribution in [2.45, 2.75) is 16.8 Å². The molecule has 0 saturated carbocycles. The zero-order chi connectivity index (χ0) is 13.9. The van der Waals surface area contributed by atoms with Gasteiger partial charge in [-0.2, -0.15) is 18.4 Å². The van der Waals surface area contributed by atoms with Gasteiger partial charge in [-0.25, -0.2) is 0 Å². The molecule has 3 nitrogen and oxygen atoms in total. The van der Waals surface area contributed by atoms with Gasteiger partial charge < -0.3 is 5.11 Å².